The van der Waals surface area contributed by atoms with Gasteiger partial charge in [0.1, 0.15) is 5.69 Å². The van der Waals surface area contributed by atoms with E-state index in [1.807, 2.05) is 78.9 Å². The molecule has 2 amide bonds. The van der Waals surface area contributed by atoms with Gasteiger partial charge in [-0.25, -0.2) is 4.98 Å². The number of aromatic nitrogens is 1. The van der Waals surface area contributed by atoms with E-state index in [4.69, 9.17) is 13.8 Å². The molecule has 0 radical (unpaired) electrons. The monoisotopic (exact) mass is 491 g/mol. The van der Waals surface area contributed by atoms with E-state index in [1.165, 1.54) is 6.26 Å². The van der Waals surface area contributed by atoms with Crippen LogP contribution < -0.4 is 10.6 Å². The van der Waals surface area contributed by atoms with Gasteiger partial charge in [-0.3, -0.25) is 9.59 Å². The number of oxazole rings is 1. The van der Waals surface area contributed by atoms with E-state index in [0.29, 0.717) is 30.3 Å². The van der Waals surface area contributed by atoms with Crippen molar-refractivity contribution in [2.75, 3.05) is 5.32 Å². The van der Waals surface area contributed by atoms with Crippen molar-refractivity contribution in [1.82, 2.24) is 10.3 Å². The fraction of sp³-hybridized carbons (Fsp3) is 0.100. The number of nitrogens with zero attached hydrogens (tertiary/aromatic N) is 1. The molecule has 0 aliphatic carbocycles. The summed E-state index contributed by atoms with van der Waals surface area (Å²) < 4.78 is 11.2. The number of carbonyl (C=O) groups excluding carboxylic acids is 2. The van der Waals surface area contributed by atoms with E-state index in [0.717, 1.165) is 22.4 Å². The average Bonchev–Trinajstić information content (AvgIpc) is 3.63. The zero-order chi connectivity index (χ0) is 25.5. The van der Waals surface area contributed by atoms with Crippen LogP contribution in [0.5, 0.6) is 0 Å². The predicted molar refractivity (Wildman–Crippen MR) is 141 cm³/mol. The Kier molecular flexibility index (Phi) is 7.22. The first kappa shape index (κ1) is 23.8. The molecule has 0 unspecified atom stereocenters. The number of benzene rings is 3. The number of rotatable bonds is 9. The third-order valence-electron chi connectivity index (χ3n) is 5.74. The van der Waals surface area contributed by atoms with Gasteiger partial charge < -0.3 is 19.5 Å². The molecule has 0 saturated heterocycles. The van der Waals surface area contributed by atoms with E-state index in [2.05, 4.69) is 10.6 Å². The van der Waals surface area contributed by atoms with Crippen molar-refractivity contribution >= 4 is 17.5 Å². The molecule has 3 aromatic carbocycles. The molecule has 0 aliphatic heterocycles. The molecule has 2 aromatic heterocycles. The Labute approximate surface area is 214 Å². The molecular formula is C30H25N3O4. The van der Waals surface area contributed by atoms with E-state index in [1.54, 1.807) is 18.2 Å². The molecule has 2 N–H and O–H groups in total. The van der Waals surface area contributed by atoms with Gasteiger partial charge in [0.2, 0.25) is 5.91 Å². The van der Waals surface area contributed by atoms with E-state index in [-0.39, 0.29) is 24.0 Å². The standard InChI is InChI=1S/C30H25N3O4/c34-26(31-20-21-9-7-14-24(19-21)32-30(35)25-15-8-18-36-25)16-17-27-33-28(22-10-3-1-4-11-22)29(37-27)23-12-5-2-6-13-23/h1-15,18-19H,16-17,20H2,(H,31,34)(H,32,35). The lowest BCUT2D eigenvalue weighted by Gasteiger charge is -2.08. The van der Waals surface area contributed by atoms with Gasteiger partial charge in [0, 0.05) is 36.2 Å². The lowest BCUT2D eigenvalue weighted by Crippen LogP contribution is -2.23. The molecule has 37 heavy (non-hydrogen) atoms. The van der Waals surface area contributed by atoms with Crippen LogP contribution in [0.1, 0.15) is 28.4 Å². The number of anilines is 1. The molecule has 0 fully saturated rings. The molecule has 0 aliphatic rings. The molecule has 7 heteroatoms. The van der Waals surface area contributed by atoms with Gasteiger partial charge in [-0.05, 0) is 29.8 Å². The van der Waals surface area contributed by atoms with E-state index < -0.39 is 0 Å². The Morgan fingerprint density at radius 3 is 2.30 bits per heavy atom. The Morgan fingerprint density at radius 2 is 1.57 bits per heavy atom. The maximum atomic E-state index is 12.6. The van der Waals surface area contributed by atoms with E-state index in [9.17, 15) is 9.59 Å². The van der Waals surface area contributed by atoms with Crippen LogP contribution in [0, 0.1) is 0 Å². The molecule has 7 nitrogen and oxygen atoms in total. The highest BCUT2D eigenvalue weighted by Gasteiger charge is 2.17. The topological polar surface area (TPSA) is 97.4 Å². The van der Waals surface area contributed by atoms with E-state index >= 15 is 0 Å². The summed E-state index contributed by atoms with van der Waals surface area (Å²) in [5, 5.41) is 5.71. The lowest BCUT2D eigenvalue weighted by atomic mass is 10.1. The number of hydrogen-bond acceptors (Lipinski definition) is 5. The number of nitrogens with one attached hydrogen (secondary N) is 2. The number of furan rings is 1. The second kappa shape index (κ2) is 11.2. The third kappa shape index (κ3) is 6.02. The van der Waals surface area contributed by atoms with Crippen LogP contribution in [0.3, 0.4) is 0 Å². The number of carbonyl (C=O) groups is 2. The molecule has 0 bridgehead atoms. The average molecular weight is 492 g/mol. The van der Waals surface area contributed by atoms with Crippen LogP contribution in [0.25, 0.3) is 22.6 Å². The summed E-state index contributed by atoms with van der Waals surface area (Å²) in [6.45, 7) is 0.333. The van der Waals surface area contributed by atoms with Crippen LogP contribution >= 0.6 is 0 Å². The lowest BCUT2D eigenvalue weighted by molar-refractivity contribution is -0.121. The SMILES string of the molecule is O=C(CCc1nc(-c2ccccc2)c(-c2ccccc2)o1)NCc1cccc(NC(=O)c2ccco2)c1. The first-order valence-corrected chi connectivity index (χ1v) is 12.0. The van der Waals surface area contributed by atoms with Crippen molar-refractivity contribution in [3.05, 3.63) is 121 Å². The van der Waals surface area contributed by atoms with Crippen LogP contribution in [-0.2, 0) is 17.8 Å². The Bertz CT molecular complexity index is 1420. The third-order valence-corrected chi connectivity index (χ3v) is 5.74. The highest BCUT2D eigenvalue weighted by atomic mass is 16.4. The summed E-state index contributed by atoms with van der Waals surface area (Å²) in [6, 6.07) is 30.2. The Balaban J connectivity index is 1.20. The van der Waals surface area contributed by atoms with Gasteiger partial charge >= 0.3 is 0 Å². The second-order valence-corrected chi connectivity index (χ2v) is 8.43. The minimum Gasteiger partial charge on any atom is -0.459 e. The van der Waals surface area contributed by atoms with Gasteiger partial charge in [0.05, 0.1) is 6.26 Å². The number of amides is 2. The Morgan fingerprint density at radius 1 is 0.811 bits per heavy atom. The van der Waals surface area contributed by atoms with Crippen LogP contribution in [-0.4, -0.2) is 16.8 Å². The quantitative estimate of drug-likeness (QED) is 0.260. The van der Waals surface area contributed by atoms with Gasteiger partial charge in [0.15, 0.2) is 17.4 Å². The largest absolute Gasteiger partial charge is 0.459 e. The van der Waals surface area contributed by atoms with Gasteiger partial charge in [0.25, 0.3) is 5.91 Å². The molecule has 2 heterocycles. The van der Waals surface area contributed by atoms with Gasteiger partial charge in [-0.15, -0.1) is 0 Å². The maximum Gasteiger partial charge on any atom is 0.291 e. The summed E-state index contributed by atoms with van der Waals surface area (Å²) >= 11 is 0. The van der Waals surface area contributed by atoms with Gasteiger partial charge in [-0.1, -0.05) is 72.8 Å². The fourth-order valence-electron chi connectivity index (χ4n) is 3.92. The fourth-order valence-corrected chi connectivity index (χ4v) is 3.92. The van der Waals surface area contributed by atoms with Crippen molar-refractivity contribution in [2.45, 2.75) is 19.4 Å². The van der Waals surface area contributed by atoms with Crippen molar-refractivity contribution in [3.63, 3.8) is 0 Å². The van der Waals surface area contributed by atoms with Crippen molar-refractivity contribution in [2.24, 2.45) is 0 Å². The molecule has 0 spiro atoms. The minimum atomic E-state index is -0.332. The Hall–Kier alpha value is -4.91. The number of hydrogen-bond donors (Lipinski definition) is 2. The zero-order valence-electron chi connectivity index (χ0n) is 20.0. The summed E-state index contributed by atoms with van der Waals surface area (Å²) in [5.74, 6) is 0.981. The van der Waals surface area contributed by atoms with Crippen molar-refractivity contribution < 1.29 is 18.4 Å². The molecule has 5 aromatic rings. The second-order valence-electron chi connectivity index (χ2n) is 8.43. The molecule has 5 rings (SSSR count). The summed E-state index contributed by atoms with van der Waals surface area (Å²) in [5.41, 5.74) is 4.13. The molecule has 184 valence electrons. The summed E-state index contributed by atoms with van der Waals surface area (Å²) in [4.78, 5) is 29.5. The predicted octanol–water partition coefficient (Wildman–Crippen LogP) is 6.10. The normalized spacial score (nSPS) is 10.7. The molecular weight excluding hydrogens is 466 g/mol. The van der Waals surface area contributed by atoms with Crippen LogP contribution in [0.2, 0.25) is 0 Å². The molecule has 0 saturated carbocycles. The summed E-state index contributed by atoms with van der Waals surface area (Å²) in [6.07, 6.45) is 2.06. The van der Waals surface area contributed by atoms with Crippen LogP contribution in [0.15, 0.2) is 112 Å². The maximum absolute atomic E-state index is 12.6. The van der Waals surface area contributed by atoms with Crippen molar-refractivity contribution in [3.8, 4) is 22.6 Å². The molecule has 0 atom stereocenters. The number of aryl methyl sites for hydroxylation is 1. The van der Waals surface area contributed by atoms with Crippen LogP contribution in [0.4, 0.5) is 5.69 Å². The highest BCUT2D eigenvalue weighted by molar-refractivity contribution is 6.02. The first-order chi connectivity index (χ1) is 18.2. The first-order valence-electron chi connectivity index (χ1n) is 12.0. The zero-order valence-corrected chi connectivity index (χ0v) is 20.0. The highest BCUT2D eigenvalue weighted by Crippen LogP contribution is 2.32. The smallest absolute Gasteiger partial charge is 0.291 e. The van der Waals surface area contributed by atoms with Crippen molar-refractivity contribution in [1.29, 1.82) is 0 Å². The van der Waals surface area contributed by atoms with Gasteiger partial charge in [-0.2, -0.15) is 0 Å². The summed E-state index contributed by atoms with van der Waals surface area (Å²) in [7, 11) is 0. The minimum absolute atomic E-state index is 0.120.